The lowest BCUT2D eigenvalue weighted by molar-refractivity contribution is 0.325. The summed E-state index contributed by atoms with van der Waals surface area (Å²) in [4.78, 5) is 34.8. The molecule has 0 amide bonds. The molecule has 0 spiro atoms. The van der Waals surface area contributed by atoms with Gasteiger partial charge in [-0.25, -0.2) is 0 Å². The molecule has 0 radical (unpaired) electrons. The molecule has 12 aromatic carbocycles. The Morgan fingerprint density at radius 3 is 0.944 bits per heavy atom. The van der Waals surface area contributed by atoms with Crippen LogP contribution < -0.4 is 18.9 Å². The van der Waals surface area contributed by atoms with Gasteiger partial charge in [0.1, 0.15) is 23.0 Å². The number of hydrogen-bond donors (Lipinski definition) is 14. The molecule has 0 aliphatic carbocycles. The number of methoxy groups -OCH3 is 4. The summed E-state index contributed by atoms with van der Waals surface area (Å²) < 4.78 is 21.0. The van der Waals surface area contributed by atoms with Crippen molar-refractivity contribution in [1.82, 2.24) is 59.3 Å². The van der Waals surface area contributed by atoms with Crippen molar-refractivity contribution in [2.24, 2.45) is 0 Å². The molecule has 6 fully saturated rings. The second-order valence-corrected chi connectivity index (χ2v) is 38.7. The molecule has 0 bridgehead atoms. The van der Waals surface area contributed by atoms with E-state index in [2.05, 4.69) is 242 Å². The summed E-state index contributed by atoms with van der Waals surface area (Å²) in [7, 11) is 6.39. The molecule has 24 nitrogen and oxygen atoms in total. The van der Waals surface area contributed by atoms with Gasteiger partial charge in [-0.2, -0.15) is 0 Å². The normalized spacial score (nSPS) is 18.4. The summed E-state index contributed by atoms with van der Waals surface area (Å²) in [5.74, 6) is 6.32. The largest absolute Gasteiger partial charge is 0.508 e. The number of likely N-dealkylation sites (tertiary alicyclic amines) is 6. The van der Waals surface area contributed by atoms with Crippen LogP contribution in [0.5, 0.6) is 69.0 Å². The van der Waals surface area contributed by atoms with Crippen molar-refractivity contribution in [2.45, 2.75) is 113 Å². The first-order valence-electron chi connectivity index (χ1n) is 49.5. The summed E-state index contributed by atoms with van der Waals surface area (Å²) >= 11 is 0. The number of nitrogens with one attached hydrogen (secondary N) is 6. The molecule has 14 N–H and O–H groups in total. The quantitative estimate of drug-likeness (QED) is 0.0280. The Hall–Kier alpha value is -14.8. The molecule has 142 heavy (non-hydrogen) atoms. The van der Waals surface area contributed by atoms with E-state index >= 15 is 0 Å². The Balaban J connectivity index is 0.000000108. The number of aromatic amines is 6. The average Bonchev–Trinajstić information content (AvgIpc) is 1.62. The van der Waals surface area contributed by atoms with Crippen LogP contribution in [0.25, 0.3) is 65.4 Å². The number of aromatic nitrogens is 6. The number of phenols is 8. The van der Waals surface area contributed by atoms with Gasteiger partial charge in [0, 0.05) is 222 Å². The minimum Gasteiger partial charge on any atom is -0.508 e. The number of aromatic hydroxyl groups is 8. The monoisotopic (exact) mass is 1900 g/mol. The van der Waals surface area contributed by atoms with Crippen molar-refractivity contribution in [3.8, 4) is 69.0 Å². The van der Waals surface area contributed by atoms with Crippen LogP contribution in [0.1, 0.15) is 141 Å². The van der Waals surface area contributed by atoms with Crippen LogP contribution in [-0.4, -0.2) is 207 Å². The number of H-pyrrole nitrogens is 6. The molecule has 24 rings (SSSR count). The van der Waals surface area contributed by atoms with Crippen LogP contribution in [0.2, 0.25) is 0 Å². The number of ether oxygens (including phenoxy) is 4. The van der Waals surface area contributed by atoms with Crippen LogP contribution >= 0.6 is 0 Å². The molecule has 6 aliphatic heterocycles. The van der Waals surface area contributed by atoms with Crippen LogP contribution in [0, 0.1) is 0 Å². The molecule has 6 atom stereocenters. The fourth-order valence-corrected chi connectivity index (χ4v) is 22.2. The maximum absolute atomic E-state index is 10.4. The molecule has 24 heteroatoms. The second kappa shape index (κ2) is 44.4. The van der Waals surface area contributed by atoms with Crippen LogP contribution in [0.4, 0.5) is 0 Å². The Morgan fingerprint density at radius 2 is 0.563 bits per heavy atom. The SMILES string of the molecule is COc1c(O)cccc1C1CCN(Cc2c[nH]c3ccccc23)C1.COc1cc(C2CCN(Cc3c[nH]c4ccccc34)C2)ccc1O.COc1ccc(C2CCN(Cc3c[nH]c4ccccc34)C2)cc1O.COc1cccc(C2CCN(Cc3c[nH]c4ccccc34)C2)c1O.Oc1cc(O)cc(C2CCN(Cc3c[nH]c4ccccc34)C2)c1.Oc1ccc(O)c(C2CCN(Cc3c[nH]c4ccccc34)C2)c1. The first kappa shape index (κ1) is 96.1. The molecular weight excluding hydrogens is 1780 g/mol. The first-order valence-corrected chi connectivity index (χ1v) is 49.5. The van der Waals surface area contributed by atoms with E-state index in [0.717, 1.165) is 179 Å². The van der Waals surface area contributed by atoms with E-state index in [1.165, 1.54) is 122 Å². The first-order chi connectivity index (χ1) is 69.4. The Bertz CT molecular complexity index is 7300. The maximum Gasteiger partial charge on any atom is 0.163 e. The van der Waals surface area contributed by atoms with E-state index in [0.29, 0.717) is 58.3 Å². The number of hydrogen-bond acceptors (Lipinski definition) is 18. The molecule has 732 valence electrons. The Kier molecular flexibility index (Phi) is 30.0. The highest BCUT2D eigenvalue weighted by atomic mass is 16.5. The fourth-order valence-electron chi connectivity index (χ4n) is 22.2. The predicted octanol–water partition coefficient (Wildman–Crippen LogP) is 22.6. The second-order valence-electron chi connectivity index (χ2n) is 38.7. The van der Waals surface area contributed by atoms with Crippen molar-refractivity contribution in [3.63, 3.8) is 0 Å². The van der Waals surface area contributed by atoms with E-state index in [9.17, 15) is 40.9 Å². The van der Waals surface area contributed by atoms with E-state index < -0.39 is 0 Å². The summed E-state index contributed by atoms with van der Waals surface area (Å²) in [5.41, 5.74) is 21.5. The van der Waals surface area contributed by atoms with Crippen LogP contribution in [0.3, 0.4) is 0 Å². The molecule has 12 heterocycles. The van der Waals surface area contributed by atoms with Gasteiger partial charge < -0.3 is 89.7 Å². The third-order valence-electron chi connectivity index (χ3n) is 29.6. The highest BCUT2D eigenvalue weighted by Crippen LogP contribution is 2.45. The van der Waals surface area contributed by atoms with E-state index in [-0.39, 0.29) is 46.2 Å². The van der Waals surface area contributed by atoms with Crippen molar-refractivity contribution in [3.05, 3.63) is 359 Å². The van der Waals surface area contributed by atoms with Crippen molar-refractivity contribution >= 4 is 65.4 Å². The third kappa shape index (κ3) is 22.3. The lowest BCUT2D eigenvalue weighted by Gasteiger charge is -2.18. The lowest BCUT2D eigenvalue weighted by atomic mass is 9.97. The van der Waals surface area contributed by atoms with Gasteiger partial charge in [0.15, 0.2) is 46.0 Å². The zero-order valence-corrected chi connectivity index (χ0v) is 81.0. The Morgan fingerprint density at radius 1 is 0.239 bits per heavy atom. The van der Waals surface area contributed by atoms with Crippen molar-refractivity contribution < 1.29 is 59.8 Å². The fraction of sp³-hybridized carbons (Fsp3) is 0.288. The predicted molar refractivity (Wildman–Crippen MR) is 564 cm³/mol. The van der Waals surface area contributed by atoms with Gasteiger partial charge in [-0.15, -0.1) is 0 Å². The van der Waals surface area contributed by atoms with Crippen molar-refractivity contribution in [1.29, 1.82) is 0 Å². The summed E-state index contributed by atoms with van der Waals surface area (Å²) in [6.45, 7) is 17.8. The molecule has 0 saturated carbocycles. The minimum atomic E-state index is 0.134. The molecule has 6 aromatic heterocycles. The number of rotatable bonds is 22. The number of nitrogens with zero attached hydrogens (tertiary/aromatic N) is 6. The zero-order chi connectivity index (χ0) is 97.7. The maximum atomic E-state index is 10.4. The summed E-state index contributed by atoms with van der Waals surface area (Å²) in [6, 6.07) is 83.1. The molecular formula is C118H128N12O12. The van der Waals surface area contributed by atoms with E-state index in [1.54, 1.807) is 70.9 Å². The summed E-state index contributed by atoms with van der Waals surface area (Å²) in [5, 5.41) is 87.0. The number of fused-ring (bicyclic) bond motifs is 6. The molecule has 6 aliphatic rings. The van der Waals surface area contributed by atoms with Crippen LogP contribution in [0.15, 0.2) is 292 Å². The standard InChI is InChI=1S/4C20H22N2O2.2C19H20N2O2/c1-24-19-8-4-6-17(20(19)23)14-9-10-22(12-14)13-15-11-21-18-7-3-2-5-16(15)18;1-24-20-17(6-4-8-19(20)23)14-9-10-22(12-14)13-15-11-21-18-7-3-2-5-16(15)18;1-24-20-7-6-14(10-19(20)23)15-8-9-22(12-15)13-16-11-21-18-5-3-2-4-17(16)18;1-24-20-10-14(6-7-19(20)23)15-8-9-22(12-15)13-16-11-21-18-5-3-2-4-17(16)18;22-16-7-14(8-17(23)9-16)13-5-6-21(11-13)12-15-10-20-19-4-2-1-3-18(15)19;22-15-5-6-19(23)17(9-15)13-7-8-21(11-13)12-14-10-20-18-4-2-1-3-16(14)18/h2*2-8,11,14,21,23H,9-10,12-13H2,1H3;2*2-7,10-11,15,21,23H,8-9,12-13H2,1H3;1-4,7-10,13,20,22-23H,5-6,11-12H2;1-6,9-10,13,20,22-23H,7-8,11-12H2. The number of benzene rings is 12. The third-order valence-corrected chi connectivity index (χ3v) is 29.6. The lowest BCUT2D eigenvalue weighted by Crippen LogP contribution is -2.19. The molecule has 6 saturated heterocycles. The number of para-hydroxylation sites is 8. The molecule has 6 unspecified atom stereocenters. The average molecular weight is 1910 g/mol. The highest BCUT2D eigenvalue weighted by molar-refractivity contribution is 5.87. The Labute approximate surface area is 827 Å². The van der Waals surface area contributed by atoms with Gasteiger partial charge in [-0.05, 0) is 249 Å². The van der Waals surface area contributed by atoms with Gasteiger partial charge in [0.25, 0.3) is 0 Å². The number of phenolic OH excluding ortho intramolecular Hbond substituents is 8. The van der Waals surface area contributed by atoms with Gasteiger partial charge in [-0.3, -0.25) is 29.4 Å². The topological polar surface area (TPSA) is 313 Å². The van der Waals surface area contributed by atoms with Gasteiger partial charge in [0.05, 0.1) is 28.4 Å². The smallest absolute Gasteiger partial charge is 0.163 e. The van der Waals surface area contributed by atoms with Gasteiger partial charge in [-0.1, -0.05) is 146 Å². The summed E-state index contributed by atoms with van der Waals surface area (Å²) in [6.07, 6.45) is 19.1. The molecule has 18 aromatic rings. The zero-order valence-electron chi connectivity index (χ0n) is 81.0. The highest BCUT2D eigenvalue weighted by Gasteiger charge is 2.34. The van der Waals surface area contributed by atoms with E-state index in [4.69, 9.17) is 18.9 Å². The minimum absolute atomic E-state index is 0.134. The van der Waals surface area contributed by atoms with Gasteiger partial charge >= 0.3 is 0 Å². The van der Waals surface area contributed by atoms with Gasteiger partial charge in [0.2, 0.25) is 0 Å². The van der Waals surface area contributed by atoms with E-state index in [1.807, 2.05) is 54.6 Å². The van der Waals surface area contributed by atoms with Crippen molar-refractivity contribution in [2.75, 3.05) is 107 Å². The van der Waals surface area contributed by atoms with Crippen LogP contribution in [-0.2, 0) is 39.3 Å².